The molecule has 2 aliphatic heterocycles. The van der Waals surface area contributed by atoms with E-state index in [1.807, 2.05) is 7.05 Å². The number of hydrogen-bond acceptors (Lipinski definition) is 3. The van der Waals surface area contributed by atoms with Crippen LogP contribution in [0.15, 0.2) is 4.99 Å². The second-order valence-electron chi connectivity index (χ2n) is 7.79. The van der Waals surface area contributed by atoms with E-state index in [1.165, 1.54) is 45.2 Å². The minimum Gasteiger partial charge on any atom is -0.381 e. The molecule has 2 saturated heterocycles. The van der Waals surface area contributed by atoms with Crippen molar-refractivity contribution < 1.29 is 4.74 Å². The molecule has 6 heteroatoms. The van der Waals surface area contributed by atoms with Gasteiger partial charge in [0, 0.05) is 53.0 Å². The summed E-state index contributed by atoms with van der Waals surface area (Å²) in [6.45, 7) is 11.1. The highest BCUT2D eigenvalue weighted by atomic mass is 127. The van der Waals surface area contributed by atoms with Gasteiger partial charge in [0.1, 0.15) is 0 Å². The van der Waals surface area contributed by atoms with Crippen LogP contribution in [0.25, 0.3) is 0 Å². The first-order chi connectivity index (χ1) is 11.6. The van der Waals surface area contributed by atoms with Gasteiger partial charge in [0.25, 0.3) is 0 Å². The molecule has 1 atom stereocenters. The lowest BCUT2D eigenvalue weighted by atomic mass is 9.96. The van der Waals surface area contributed by atoms with Gasteiger partial charge in [0.2, 0.25) is 0 Å². The zero-order valence-corrected chi connectivity index (χ0v) is 19.0. The standard InChI is InChI=1S/C19H38N4O.HI/c1-16(2)23-10-5-6-18(15-23)14-21-19(20-3)22(4)11-7-17-8-12-24-13-9-17;/h16-18H,5-15H2,1-4H3,(H,20,21);1H. The SMILES string of the molecule is CN=C(NCC1CCCN(C(C)C)C1)N(C)CCC1CCOCC1.I. The fourth-order valence-corrected chi connectivity index (χ4v) is 3.87. The Labute approximate surface area is 172 Å². The van der Waals surface area contributed by atoms with E-state index >= 15 is 0 Å². The molecule has 0 amide bonds. The maximum absolute atomic E-state index is 5.45. The summed E-state index contributed by atoms with van der Waals surface area (Å²) >= 11 is 0. The zero-order valence-electron chi connectivity index (χ0n) is 16.7. The van der Waals surface area contributed by atoms with Crippen LogP contribution in [0, 0.1) is 11.8 Å². The summed E-state index contributed by atoms with van der Waals surface area (Å²) in [6.07, 6.45) is 6.33. The Balaban J connectivity index is 0.00000312. The van der Waals surface area contributed by atoms with Crippen molar-refractivity contribution in [2.45, 2.75) is 52.0 Å². The maximum Gasteiger partial charge on any atom is 0.193 e. The van der Waals surface area contributed by atoms with Crippen molar-refractivity contribution in [2.24, 2.45) is 16.8 Å². The third kappa shape index (κ3) is 7.99. The molecule has 2 aliphatic rings. The van der Waals surface area contributed by atoms with E-state index in [2.05, 4.69) is 41.0 Å². The van der Waals surface area contributed by atoms with Crippen molar-refractivity contribution in [3.8, 4) is 0 Å². The van der Waals surface area contributed by atoms with E-state index < -0.39 is 0 Å². The number of likely N-dealkylation sites (tertiary alicyclic amines) is 1. The van der Waals surface area contributed by atoms with Gasteiger partial charge in [-0.1, -0.05) is 0 Å². The fourth-order valence-electron chi connectivity index (χ4n) is 3.87. The highest BCUT2D eigenvalue weighted by molar-refractivity contribution is 14.0. The maximum atomic E-state index is 5.45. The Morgan fingerprint density at radius 3 is 2.60 bits per heavy atom. The van der Waals surface area contributed by atoms with Crippen LogP contribution in [0.5, 0.6) is 0 Å². The van der Waals surface area contributed by atoms with Crippen LogP contribution in [0.1, 0.15) is 46.0 Å². The van der Waals surface area contributed by atoms with Crippen LogP contribution in [0.3, 0.4) is 0 Å². The monoisotopic (exact) mass is 466 g/mol. The van der Waals surface area contributed by atoms with Crippen molar-refractivity contribution in [2.75, 3.05) is 53.5 Å². The lowest BCUT2D eigenvalue weighted by Crippen LogP contribution is -2.46. The molecule has 5 nitrogen and oxygen atoms in total. The van der Waals surface area contributed by atoms with Gasteiger partial charge in [0.05, 0.1) is 0 Å². The predicted molar refractivity (Wildman–Crippen MR) is 117 cm³/mol. The lowest BCUT2D eigenvalue weighted by Gasteiger charge is -2.36. The van der Waals surface area contributed by atoms with Gasteiger partial charge in [-0.05, 0) is 64.3 Å². The number of halogens is 1. The number of piperidine rings is 1. The topological polar surface area (TPSA) is 40.1 Å². The van der Waals surface area contributed by atoms with Crippen LogP contribution in [-0.4, -0.2) is 75.3 Å². The van der Waals surface area contributed by atoms with E-state index in [0.29, 0.717) is 6.04 Å². The second-order valence-corrected chi connectivity index (χ2v) is 7.79. The van der Waals surface area contributed by atoms with Gasteiger partial charge in [-0.2, -0.15) is 0 Å². The molecule has 2 fully saturated rings. The van der Waals surface area contributed by atoms with Crippen LogP contribution in [0.2, 0.25) is 0 Å². The van der Waals surface area contributed by atoms with Crippen molar-refractivity contribution in [1.29, 1.82) is 0 Å². The molecule has 25 heavy (non-hydrogen) atoms. The van der Waals surface area contributed by atoms with Crippen molar-refractivity contribution in [3.63, 3.8) is 0 Å². The normalized spacial score (nSPS) is 23.4. The zero-order chi connectivity index (χ0) is 17.4. The molecular weight excluding hydrogens is 427 g/mol. The Morgan fingerprint density at radius 2 is 1.96 bits per heavy atom. The molecule has 0 aromatic heterocycles. The van der Waals surface area contributed by atoms with Crippen molar-refractivity contribution in [3.05, 3.63) is 0 Å². The molecule has 2 heterocycles. The molecule has 0 radical (unpaired) electrons. The van der Waals surface area contributed by atoms with E-state index in [4.69, 9.17) is 4.74 Å². The Morgan fingerprint density at radius 1 is 1.24 bits per heavy atom. The van der Waals surface area contributed by atoms with E-state index in [-0.39, 0.29) is 24.0 Å². The minimum absolute atomic E-state index is 0. The van der Waals surface area contributed by atoms with Crippen LogP contribution >= 0.6 is 24.0 Å². The molecule has 0 aliphatic carbocycles. The van der Waals surface area contributed by atoms with Gasteiger partial charge in [-0.15, -0.1) is 24.0 Å². The van der Waals surface area contributed by atoms with E-state index in [9.17, 15) is 0 Å². The first-order valence-corrected chi connectivity index (χ1v) is 9.83. The third-order valence-corrected chi connectivity index (χ3v) is 5.62. The summed E-state index contributed by atoms with van der Waals surface area (Å²) < 4.78 is 5.45. The van der Waals surface area contributed by atoms with Gasteiger partial charge in [-0.25, -0.2) is 0 Å². The fraction of sp³-hybridized carbons (Fsp3) is 0.947. The van der Waals surface area contributed by atoms with Crippen LogP contribution < -0.4 is 5.32 Å². The largest absolute Gasteiger partial charge is 0.381 e. The molecule has 1 N–H and O–H groups in total. The second kappa shape index (κ2) is 12.3. The van der Waals surface area contributed by atoms with Crippen molar-refractivity contribution >= 4 is 29.9 Å². The summed E-state index contributed by atoms with van der Waals surface area (Å²) in [5, 5.41) is 3.61. The number of aliphatic imine (C=N–C) groups is 1. The highest BCUT2D eigenvalue weighted by Gasteiger charge is 2.22. The van der Waals surface area contributed by atoms with E-state index in [0.717, 1.165) is 44.1 Å². The van der Waals surface area contributed by atoms with Crippen molar-refractivity contribution in [1.82, 2.24) is 15.1 Å². The molecule has 2 rings (SSSR count). The molecule has 148 valence electrons. The predicted octanol–water partition coefficient (Wildman–Crippen LogP) is 3.05. The Hall–Kier alpha value is -0.0800. The molecule has 0 spiro atoms. The Kier molecular flexibility index (Phi) is 11.3. The van der Waals surface area contributed by atoms with Gasteiger partial charge >= 0.3 is 0 Å². The first kappa shape index (κ1) is 23.0. The number of rotatable bonds is 6. The first-order valence-electron chi connectivity index (χ1n) is 9.83. The van der Waals surface area contributed by atoms with Crippen LogP contribution in [0.4, 0.5) is 0 Å². The minimum atomic E-state index is 0. The highest BCUT2D eigenvalue weighted by Crippen LogP contribution is 2.19. The molecule has 0 aromatic rings. The quantitative estimate of drug-likeness (QED) is 0.371. The molecular formula is C19H39IN4O. The lowest BCUT2D eigenvalue weighted by molar-refractivity contribution is 0.0625. The summed E-state index contributed by atoms with van der Waals surface area (Å²) in [4.78, 5) is 9.38. The summed E-state index contributed by atoms with van der Waals surface area (Å²) in [5.74, 6) is 2.60. The Bertz CT molecular complexity index is 386. The summed E-state index contributed by atoms with van der Waals surface area (Å²) in [5.41, 5.74) is 0. The average molecular weight is 466 g/mol. The molecule has 0 aromatic carbocycles. The third-order valence-electron chi connectivity index (χ3n) is 5.62. The van der Waals surface area contributed by atoms with Crippen LogP contribution in [-0.2, 0) is 4.74 Å². The van der Waals surface area contributed by atoms with Gasteiger partial charge in [-0.3, -0.25) is 4.99 Å². The molecule has 1 unspecified atom stereocenters. The van der Waals surface area contributed by atoms with Gasteiger partial charge < -0.3 is 19.9 Å². The van der Waals surface area contributed by atoms with Gasteiger partial charge in [0.15, 0.2) is 5.96 Å². The van der Waals surface area contributed by atoms with E-state index in [1.54, 1.807) is 0 Å². The summed E-state index contributed by atoms with van der Waals surface area (Å²) in [6, 6.07) is 0.661. The summed E-state index contributed by atoms with van der Waals surface area (Å²) in [7, 11) is 4.06. The number of hydrogen-bond donors (Lipinski definition) is 1. The number of nitrogens with zero attached hydrogens (tertiary/aromatic N) is 3. The number of nitrogens with one attached hydrogen (secondary N) is 1. The average Bonchev–Trinajstić information content (AvgIpc) is 2.61. The molecule has 0 bridgehead atoms. The molecule has 0 saturated carbocycles. The number of guanidine groups is 1. The smallest absolute Gasteiger partial charge is 0.193 e. The number of ether oxygens (including phenoxy) is 1.